The molecule has 18 heavy (non-hydrogen) atoms. The molecular formula is C9H13N3O4S2. The first-order valence-electron chi connectivity index (χ1n) is 5.24. The monoisotopic (exact) mass is 291 g/mol. The second-order valence-electron chi connectivity index (χ2n) is 3.94. The lowest BCUT2D eigenvalue weighted by molar-refractivity contribution is 0.431. The molecule has 1 saturated heterocycles. The Balaban J connectivity index is 2.31. The molecule has 100 valence electrons. The SMILES string of the molecule is Nc1ncccc1S(=O)(=O)N1CCS(=O)(=O)CC1. The number of hydrogen-bond donors (Lipinski definition) is 1. The molecule has 0 aliphatic carbocycles. The van der Waals surface area contributed by atoms with Crippen molar-refractivity contribution in [3.8, 4) is 0 Å². The van der Waals surface area contributed by atoms with E-state index in [2.05, 4.69) is 4.98 Å². The van der Waals surface area contributed by atoms with Gasteiger partial charge in [-0.2, -0.15) is 4.31 Å². The van der Waals surface area contributed by atoms with E-state index >= 15 is 0 Å². The summed E-state index contributed by atoms with van der Waals surface area (Å²) in [6.07, 6.45) is 1.40. The molecule has 9 heteroatoms. The third-order valence-electron chi connectivity index (χ3n) is 2.72. The molecule has 0 amide bonds. The van der Waals surface area contributed by atoms with Crippen LogP contribution in [0.4, 0.5) is 5.82 Å². The van der Waals surface area contributed by atoms with Crippen LogP contribution < -0.4 is 5.73 Å². The van der Waals surface area contributed by atoms with Crippen LogP contribution in [0.3, 0.4) is 0 Å². The van der Waals surface area contributed by atoms with Crippen LogP contribution in [-0.4, -0.2) is 50.7 Å². The number of rotatable bonds is 2. The zero-order valence-corrected chi connectivity index (χ0v) is 11.1. The van der Waals surface area contributed by atoms with Crippen LogP contribution in [0.25, 0.3) is 0 Å². The number of nitrogens with zero attached hydrogens (tertiary/aromatic N) is 2. The first-order chi connectivity index (χ1) is 8.33. The molecule has 1 aromatic heterocycles. The summed E-state index contributed by atoms with van der Waals surface area (Å²) in [6, 6.07) is 2.84. The molecule has 0 spiro atoms. The van der Waals surface area contributed by atoms with Gasteiger partial charge in [-0.25, -0.2) is 21.8 Å². The van der Waals surface area contributed by atoms with Crippen molar-refractivity contribution in [2.24, 2.45) is 0 Å². The van der Waals surface area contributed by atoms with Crippen molar-refractivity contribution in [2.45, 2.75) is 4.90 Å². The minimum Gasteiger partial charge on any atom is -0.383 e. The first kappa shape index (κ1) is 13.2. The highest BCUT2D eigenvalue weighted by atomic mass is 32.2. The van der Waals surface area contributed by atoms with E-state index < -0.39 is 19.9 Å². The van der Waals surface area contributed by atoms with Gasteiger partial charge in [-0.1, -0.05) is 0 Å². The van der Waals surface area contributed by atoms with Gasteiger partial charge in [0.25, 0.3) is 0 Å². The number of sulfone groups is 1. The standard InChI is InChI=1S/C9H13N3O4S2/c10-9-8(2-1-3-11-9)18(15,16)12-4-6-17(13,14)7-5-12/h1-3H,4-7H2,(H2,10,11). The Hall–Kier alpha value is -1.19. The summed E-state index contributed by atoms with van der Waals surface area (Å²) in [6.45, 7) is -0.0853. The van der Waals surface area contributed by atoms with Gasteiger partial charge < -0.3 is 5.73 Å². The van der Waals surface area contributed by atoms with E-state index in [1.807, 2.05) is 0 Å². The summed E-state index contributed by atoms with van der Waals surface area (Å²) >= 11 is 0. The molecule has 7 nitrogen and oxygen atoms in total. The molecule has 1 fully saturated rings. The van der Waals surface area contributed by atoms with Crippen LogP contribution in [0.5, 0.6) is 0 Å². The average Bonchev–Trinajstić information content (AvgIpc) is 2.28. The molecule has 0 bridgehead atoms. The number of aromatic nitrogens is 1. The zero-order valence-electron chi connectivity index (χ0n) is 9.48. The van der Waals surface area contributed by atoms with Gasteiger partial charge in [-0.15, -0.1) is 0 Å². The number of anilines is 1. The lowest BCUT2D eigenvalue weighted by Gasteiger charge is -2.26. The van der Waals surface area contributed by atoms with E-state index in [9.17, 15) is 16.8 Å². The van der Waals surface area contributed by atoms with E-state index in [1.165, 1.54) is 18.3 Å². The second kappa shape index (κ2) is 4.48. The molecule has 0 radical (unpaired) electrons. The lowest BCUT2D eigenvalue weighted by Crippen LogP contribution is -2.43. The van der Waals surface area contributed by atoms with Crippen molar-refractivity contribution in [3.05, 3.63) is 18.3 Å². The molecule has 0 unspecified atom stereocenters. The molecule has 1 aromatic rings. The van der Waals surface area contributed by atoms with Gasteiger partial charge in [0.1, 0.15) is 10.7 Å². The van der Waals surface area contributed by atoms with E-state index in [1.54, 1.807) is 0 Å². The predicted molar refractivity (Wildman–Crippen MR) is 66.1 cm³/mol. The topological polar surface area (TPSA) is 110 Å². The quantitative estimate of drug-likeness (QED) is 0.754. The van der Waals surface area contributed by atoms with Gasteiger partial charge in [-0.3, -0.25) is 0 Å². The van der Waals surface area contributed by atoms with Crippen molar-refractivity contribution in [3.63, 3.8) is 0 Å². The van der Waals surface area contributed by atoms with E-state index in [4.69, 9.17) is 5.73 Å². The third-order valence-corrected chi connectivity index (χ3v) is 6.28. The highest BCUT2D eigenvalue weighted by Gasteiger charge is 2.32. The fraction of sp³-hybridized carbons (Fsp3) is 0.444. The number of hydrogen-bond acceptors (Lipinski definition) is 6. The maximum absolute atomic E-state index is 12.2. The first-order valence-corrected chi connectivity index (χ1v) is 8.50. The summed E-state index contributed by atoms with van der Waals surface area (Å²) in [5.74, 6) is -0.398. The van der Waals surface area contributed by atoms with Crippen LogP contribution in [0.2, 0.25) is 0 Å². The molecule has 2 rings (SSSR count). The Morgan fingerprint density at radius 1 is 1.28 bits per heavy atom. The van der Waals surface area contributed by atoms with Crippen molar-refractivity contribution in [1.29, 1.82) is 0 Å². The molecule has 0 aromatic carbocycles. The fourth-order valence-corrected chi connectivity index (χ4v) is 4.64. The summed E-state index contributed by atoms with van der Waals surface area (Å²) < 4.78 is 48.1. The normalized spacial score (nSPS) is 20.7. The van der Waals surface area contributed by atoms with Gasteiger partial charge in [0.05, 0.1) is 11.5 Å². The van der Waals surface area contributed by atoms with E-state index in [0.29, 0.717) is 0 Å². The summed E-state index contributed by atoms with van der Waals surface area (Å²) in [7, 11) is -6.88. The predicted octanol–water partition coefficient (Wildman–Crippen LogP) is -0.917. The fourth-order valence-electron chi connectivity index (χ4n) is 1.70. The summed E-state index contributed by atoms with van der Waals surface area (Å²) in [4.78, 5) is 3.64. The van der Waals surface area contributed by atoms with Crippen LogP contribution in [0.15, 0.2) is 23.2 Å². The average molecular weight is 291 g/mol. The van der Waals surface area contributed by atoms with E-state index in [0.717, 1.165) is 4.31 Å². The molecule has 0 atom stereocenters. The number of pyridine rings is 1. The Labute approximate surface area is 106 Å². The second-order valence-corrected chi connectivity index (χ2v) is 8.15. The largest absolute Gasteiger partial charge is 0.383 e. The smallest absolute Gasteiger partial charge is 0.246 e. The summed E-state index contributed by atoms with van der Waals surface area (Å²) in [5, 5.41) is 0. The zero-order chi connectivity index (χ0) is 13.4. The lowest BCUT2D eigenvalue weighted by atomic mass is 10.5. The molecule has 2 heterocycles. The number of sulfonamides is 1. The Bertz CT molecular complexity index is 640. The Kier molecular flexibility index (Phi) is 3.30. The highest BCUT2D eigenvalue weighted by Crippen LogP contribution is 2.21. The van der Waals surface area contributed by atoms with Gasteiger partial charge in [-0.05, 0) is 12.1 Å². The molecule has 1 aliphatic heterocycles. The Morgan fingerprint density at radius 2 is 1.89 bits per heavy atom. The molecular weight excluding hydrogens is 278 g/mol. The van der Waals surface area contributed by atoms with Crippen molar-refractivity contribution in [2.75, 3.05) is 30.3 Å². The third kappa shape index (κ3) is 2.47. The van der Waals surface area contributed by atoms with E-state index in [-0.39, 0.29) is 35.3 Å². The van der Waals surface area contributed by atoms with Gasteiger partial charge in [0, 0.05) is 19.3 Å². The minimum atomic E-state index is -3.76. The Morgan fingerprint density at radius 3 is 2.44 bits per heavy atom. The van der Waals surface area contributed by atoms with Crippen molar-refractivity contribution >= 4 is 25.7 Å². The van der Waals surface area contributed by atoms with Crippen LogP contribution >= 0.6 is 0 Å². The highest BCUT2D eigenvalue weighted by molar-refractivity contribution is 7.92. The van der Waals surface area contributed by atoms with Crippen LogP contribution in [0, 0.1) is 0 Å². The van der Waals surface area contributed by atoms with Gasteiger partial charge >= 0.3 is 0 Å². The van der Waals surface area contributed by atoms with Gasteiger partial charge in [0.15, 0.2) is 9.84 Å². The molecule has 0 saturated carbocycles. The van der Waals surface area contributed by atoms with Gasteiger partial charge in [0.2, 0.25) is 10.0 Å². The maximum Gasteiger partial charge on any atom is 0.246 e. The minimum absolute atomic E-state index is 0.0427. The summed E-state index contributed by atoms with van der Waals surface area (Å²) in [5.41, 5.74) is 5.53. The van der Waals surface area contributed by atoms with Crippen LogP contribution in [-0.2, 0) is 19.9 Å². The number of nitrogen functional groups attached to an aromatic ring is 1. The number of nitrogens with two attached hydrogens (primary N) is 1. The van der Waals surface area contributed by atoms with Crippen LogP contribution in [0.1, 0.15) is 0 Å². The molecule has 1 aliphatic rings. The van der Waals surface area contributed by atoms with Crippen molar-refractivity contribution < 1.29 is 16.8 Å². The molecule has 2 N–H and O–H groups in total. The van der Waals surface area contributed by atoms with Crippen molar-refractivity contribution in [1.82, 2.24) is 9.29 Å². The maximum atomic E-state index is 12.2.